The van der Waals surface area contributed by atoms with Crippen LogP contribution in [0.3, 0.4) is 0 Å². The van der Waals surface area contributed by atoms with E-state index in [1.807, 2.05) is 6.92 Å². The standard InChI is InChI=1S/C19H31F3N2O4/c1-13-10-14(13)24(15(25)19(20,21)22)11-18(12-27-5)6-8-23(9-7-18)16(26)28-17(2,3)4/h13-14H,6-12H2,1-5H3/t13-,14-/m1/s1. The summed E-state index contributed by atoms with van der Waals surface area (Å²) in [5, 5.41) is 0. The Kier molecular flexibility index (Phi) is 6.57. The third-order valence-electron chi connectivity index (χ3n) is 5.40. The lowest BCUT2D eigenvalue weighted by Crippen LogP contribution is -2.54. The highest BCUT2D eigenvalue weighted by Crippen LogP contribution is 2.42. The highest BCUT2D eigenvalue weighted by atomic mass is 19.4. The average Bonchev–Trinajstić information content (AvgIpc) is 3.27. The monoisotopic (exact) mass is 408 g/mol. The number of halogens is 3. The molecule has 2 aliphatic rings. The van der Waals surface area contributed by atoms with Gasteiger partial charge in [-0.15, -0.1) is 0 Å². The van der Waals surface area contributed by atoms with Crippen LogP contribution in [0.15, 0.2) is 0 Å². The van der Waals surface area contributed by atoms with Crippen LogP contribution >= 0.6 is 0 Å². The molecule has 9 heteroatoms. The van der Waals surface area contributed by atoms with E-state index in [0.29, 0.717) is 32.4 Å². The minimum Gasteiger partial charge on any atom is -0.444 e. The fourth-order valence-electron chi connectivity index (χ4n) is 3.75. The number of piperidine rings is 1. The molecule has 1 saturated heterocycles. The number of methoxy groups -OCH3 is 1. The van der Waals surface area contributed by atoms with E-state index in [9.17, 15) is 22.8 Å². The summed E-state index contributed by atoms with van der Waals surface area (Å²) in [6, 6.07) is -0.383. The minimum absolute atomic E-state index is 0.0175. The molecule has 2 amide bonds. The summed E-state index contributed by atoms with van der Waals surface area (Å²) in [6.45, 7) is 8.10. The zero-order valence-electron chi connectivity index (χ0n) is 17.3. The maximum Gasteiger partial charge on any atom is 0.471 e. The van der Waals surface area contributed by atoms with Crippen LogP contribution in [0.2, 0.25) is 0 Å². The van der Waals surface area contributed by atoms with Crippen molar-refractivity contribution in [2.24, 2.45) is 11.3 Å². The molecule has 2 fully saturated rings. The molecule has 28 heavy (non-hydrogen) atoms. The minimum atomic E-state index is -4.90. The summed E-state index contributed by atoms with van der Waals surface area (Å²) in [7, 11) is 1.50. The molecule has 2 rings (SSSR count). The van der Waals surface area contributed by atoms with Crippen LogP contribution in [-0.4, -0.2) is 73.0 Å². The van der Waals surface area contributed by atoms with Crippen LogP contribution in [0.1, 0.15) is 47.0 Å². The Morgan fingerprint density at radius 1 is 1.18 bits per heavy atom. The van der Waals surface area contributed by atoms with Gasteiger partial charge in [-0.1, -0.05) is 6.92 Å². The van der Waals surface area contributed by atoms with Crippen molar-refractivity contribution in [1.82, 2.24) is 9.80 Å². The Balaban J connectivity index is 2.09. The third kappa shape index (κ3) is 5.75. The molecule has 0 aromatic rings. The molecular formula is C19H31F3N2O4. The topological polar surface area (TPSA) is 59.1 Å². The van der Waals surface area contributed by atoms with Crippen molar-refractivity contribution < 1.29 is 32.2 Å². The molecule has 1 aliphatic heterocycles. The number of likely N-dealkylation sites (tertiary alicyclic amines) is 1. The predicted octanol–water partition coefficient (Wildman–Crippen LogP) is 3.45. The summed E-state index contributed by atoms with van der Waals surface area (Å²) in [6.07, 6.45) is -3.86. The second kappa shape index (κ2) is 8.08. The van der Waals surface area contributed by atoms with Crippen molar-refractivity contribution >= 4 is 12.0 Å². The SMILES string of the molecule is COCC1(CN(C(=O)C(F)(F)F)[C@@H]2C[C@H]2C)CCN(C(=O)OC(C)(C)C)CC1. The first-order chi connectivity index (χ1) is 12.8. The molecule has 2 atom stereocenters. The summed E-state index contributed by atoms with van der Waals surface area (Å²) >= 11 is 0. The molecule has 0 unspecified atom stereocenters. The predicted molar refractivity (Wildman–Crippen MR) is 96.7 cm³/mol. The zero-order chi connectivity index (χ0) is 21.3. The van der Waals surface area contributed by atoms with E-state index in [4.69, 9.17) is 9.47 Å². The highest BCUT2D eigenvalue weighted by Gasteiger charge is 2.52. The van der Waals surface area contributed by atoms with Gasteiger partial charge in [-0.25, -0.2) is 4.79 Å². The average molecular weight is 408 g/mol. The van der Waals surface area contributed by atoms with Crippen LogP contribution in [0, 0.1) is 11.3 Å². The Morgan fingerprint density at radius 2 is 1.71 bits per heavy atom. The molecule has 0 radical (unpaired) electrons. The zero-order valence-corrected chi connectivity index (χ0v) is 17.3. The van der Waals surface area contributed by atoms with Gasteiger partial charge in [0, 0.05) is 38.2 Å². The van der Waals surface area contributed by atoms with Gasteiger partial charge in [0.05, 0.1) is 6.61 Å². The van der Waals surface area contributed by atoms with Crippen LogP contribution in [0.4, 0.5) is 18.0 Å². The van der Waals surface area contributed by atoms with Crippen molar-refractivity contribution in [1.29, 1.82) is 0 Å². The van der Waals surface area contributed by atoms with Gasteiger partial charge in [0.1, 0.15) is 5.60 Å². The van der Waals surface area contributed by atoms with Gasteiger partial charge in [-0.3, -0.25) is 4.79 Å². The lowest BCUT2D eigenvalue weighted by atomic mass is 9.78. The van der Waals surface area contributed by atoms with Crippen LogP contribution in [0.5, 0.6) is 0 Å². The summed E-state index contributed by atoms with van der Waals surface area (Å²) in [4.78, 5) is 26.8. The number of carbonyl (C=O) groups is 2. The Bertz CT molecular complexity index is 581. The number of alkyl halides is 3. The fourth-order valence-corrected chi connectivity index (χ4v) is 3.75. The molecule has 0 aromatic carbocycles. The molecule has 0 aromatic heterocycles. The summed E-state index contributed by atoms with van der Waals surface area (Å²) in [5.74, 6) is -1.72. The van der Waals surface area contributed by atoms with Gasteiger partial charge >= 0.3 is 18.2 Å². The Morgan fingerprint density at radius 3 is 2.11 bits per heavy atom. The first kappa shape index (κ1) is 22.8. The molecule has 1 heterocycles. The second-order valence-electron chi connectivity index (χ2n) is 9.11. The lowest BCUT2D eigenvalue weighted by molar-refractivity contribution is -0.189. The quantitative estimate of drug-likeness (QED) is 0.699. The van der Waals surface area contributed by atoms with Crippen molar-refractivity contribution in [2.75, 3.05) is 33.4 Å². The first-order valence-corrected chi connectivity index (χ1v) is 9.63. The van der Waals surface area contributed by atoms with Gasteiger partial charge in [0.2, 0.25) is 0 Å². The molecule has 1 saturated carbocycles. The van der Waals surface area contributed by atoms with Gasteiger partial charge < -0.3 is 19.3 Å². The first-order valence-electron chi connectivity index (χ1n) is 9.63. The number of rotatable bonds is 5. The number of hydrogen-bond acceptors (Lipinski definition) is 4. The lowest BCUT2D eigenvalue weighted by Gasteiger charge is -2.44. The van der Waals surface area contributed by atoms with E-state index >= 15 is 0 Å². The number of amides is 2. The van der Waals surface area contributed by atoms with Crippen LogP contribution in [0.25, 0.3) is 0 Å². The molecule has 1 aliphatic carbocycles. The number of ether oxygens (including phenoxy) is 2. The smallest absolute Gasteiger partial charge is 0.444 e. The number of hydrogen-bond donors (Lipinski definition) is 0. The van der Waals surface area contributed by atoms with Crippen molar-refractivity contribution in [3.8, 4) is 0 Å². The fraction of sp³-hybridized carbons (Fsp3) is 0.895. The maximum atomic E-state index is 13.1. The molecule has 0 N–H and O–H groups in total. The van der Waals surface area contributed by atoms with Gasteiger partial charge in [0.25, 0.3) is 0 Å². The van der Waals surface area contributed by atoms with E-state index in [-0.39, 0.29) is 25.1 Å². The van der Waals surface area contributed by atoms with Crippen LogP contribution < -0.4 is 0 Å². The third-order valence-corrected chi connectivity index (χ3v) is 5.40. The van der Waals surface area contributed by atoms with E-state index in [2.05, 4.69) is 0 Å². The molecule has 0 spiro atoms. The maximum absolute atomic E-state index is 13.1. The normalized spacial score (nSPS) is 24.6. The van der Waals surface area contributed by atoms with Crippen LogP contribution in [-0.2, 0) is 14.3 Å². The largest absolute Gasteiger partial charge is 0.471 e. The molecule has 0 bridgehead atoms. The van der Waals surface area contributed by atoms with Crippen molar-refractivity contribution in [2.45, 2.75) is 64.8 Å². The molecular weight excluding hydrogens is 377 g/mol. The second-order valence-corrected chi connectivity index (χ2v) is 9.11. The molecule has 6 nitrogen and oxygen atoms in total. The van der Waals surface area contributed by atoms with Gasteiger partial charge in [0.15, 0.2) is 0 Å². The van der Waals surface area contributed by atoms with E-state index in [0.717, 1.165) is 4.90 Å². The summed E-state index contributed by atoms with van der Waals surface area (Å²) < 4.78 is 50.0. The highest BCUT2D eigenvalue weighted by molar-refractivity contribution is 5.82. The number of nitrogens with zero attached hydrogens (tertiary/aromatic N) is 2. The Hall–Kier alpha value is -1.51. The van der Waals surface area contributed by atoms with Gasteiger partial charge in [-0.05, 0) is 46.0 Å². The van der Waals surface area contributed by atoms with E-state index in [1.165, 1.54) is 7.11 Å². The van der Waals surface area contributed by atoms with E-state index in [1.54, 1.807) is 25.7 Å². The number of carbonyl (C=O) groups excluding carboxylic acids is 2. The summed E-state index contributed by atoms with van der Waals surface area (Å²) in [5.41, 5.74) is -1.23. The van der Waals surface area contributed by atoms with Crippen molar-refractivity contribution in [3.05, 3.63) is 0 Å². The Labute approximate surface area is 164 Å². The van der Waals surface area contributed by atoms with Crippen molar-refractivity contribution in [3.63, 3.8) is 0 Å². The van der Waals surface area contributed by atoms with E-state index < -0.39 is 29.2 Å². The van der Waals surface area contributed by atoms with Gasteiger partial charge in [-0.2, -0.15) is 13.2 Å². The molecule has 162 valence electrons.